The quantitative estimate of drug-likeness (QED) is 0.830. The first-order valence-corrected chi connectivity index (χ1v) is 10.5. The Labute approximate surface area is 161 Å². The summed E-state index contributed by atoms with van der Waals surface area (Å²) in [5, 5.41) is 3.17. The molecule has 27 heavy (non-hydrogen) atoms. The molecule has 1 aromatic heterocycles. The van der Waals surface area contributed by atoms with Gasteiger partial charge in [0.25, 0.3) is 0 Å². The predicted octanol–water partition coefficient (Wildman–Crippen LogP) is 2.19. The number of piperidine rings is 2. The summed E-state index contributed by atoms with van der Waals surface area (Å²) in [6.45, 7) is 3.63. The van der Waals surface area contributed by atoms with E-state index in [2.05, 4.69) is 10.2 Å². The molecule has 1 aromatic rings. The second-order valence-electron chi connectivity index (χ2n) is 8.31. The average molecular weight is 373 g/mol. The Morgan fingerprint density at radius 2 is 1.93 bits per heavy atom. The van der Waals surface area contributed by atoms with Crippen molar-refractivity contribution in [1.29, 1.82) is 0 Å². The largest absolute Gasteiger partial charge is 0.469 e. The molecule has 2 amide bonds. The average Bonchev–Trinajstić information content (AvgIpc) is 3.37. The second-order valence-corrected chi connectivity index (χ2v) is 8.31. The van der Waals surface area contributed by atoms with E-state index in [4.69, 9.17) is 4.42 Å². The van der Waals surface area contributed by atoms with E-state index in [9.17, 15) is 9.59 Å². The molecular weight excluding hydrogens is 342 g/mol. The van der Waals surface area contributed by atoms with Gasteiger partial charge in [-0.3, -0.25) is 14.5 Å². The van der Waals surface area contributed by atoms with Gasteiger partial charge in [-0.25, -0.2) is 0 Å². The molecule has 148 valence electrons. The van der Waals surface area contributed by atoms with Crippen LogP contribution in [0.4, 0.5) is 0 Å². The van der Waals surface area contributed by atoms with Crippen LogP contribution in [-0.2, 0) is 16.0 Å². The Kier molecular flexibility index (Phi) is 5.81. The molecule has 6 nitrogen and oxygen atoms in total. The maximum atomic E-state index is 12.4. The summed E-state index contributed by atoms with van der Waals surface area (Å²) in [5.41, 5.74) is 0. The van der Waals surface area contributed by atoms with Gasteiger partial charge in [0, 0.05) is 44.6 Å². The van der Waals surface area contributed by atoms with Gasteiger partial charge in [0.2, 0.25) is 11.8 Å². The third-order valence-corrected chi connectivity index (χ3v) is 6.25. The summed E-state index contributed by atoms with van der Waals surface area (Å²) in [5.74, 6) is 1.51. The van der Waals surface area contributed by atoms with Crippen molar-refractivity contribution in [2.45, 2.75) is 63.5 Å². The zero-order chi connectivity index (χ0) is 18.6. The van der Waals surface area contributed by atoms with Crippen LogP contribution < -0.4 is 5.32 Å². The van der Waals surface area contributed by atoms with Gasteiger partial charge < -0.3 is 14.6 Å². The van der Waals surface area contributed by atoms with Crippen molar-refractivity contribution in [2.24, 2.45) is 5.92 Å². The van der Waals surface area contributed by atoms with E-state index in [0.29, 0.717) is 24.9 Å². The molecule has 1 N–H and O–H groups in total. The number of carbonyl (C=O) groups is 2. The van der Waals surface area contributed by atoms with Crippen LogP contribution in [0.15, 0.2) is 22.8 Å². The van der Waals surface area contributed by atoms with E-state index >= 15 is 0 Å². The van der Waals surface area contributed by atoms with E-state index in [0.717, 1.165) is 70.5 Å². The molecule has 1 saturated carbocycles. The summed E-state index contributed by atoms with van der Waals surface area (Å²) in [4.78, 5) is 29.3. The third-order valence-electron chi connectivity index (χ3n) is 6.25. The molecule has 0 aromatic carbocycles. The van der Waals surface area contributed by atoms with Crippen molar-refractivity contribution in [3.8, 4) is 0 Å². The molecule has 3 heterocycles. The zero-order valence-electron chi connectivity index (χ0n) is 16.1. The van der Waals surface area contributed by atoms with Crippen LogP contribution in [-0.4, -0.2) is 59.9 Å². The fourth-order valence-electron chi connectivity index (χ4n) is 4.42. The van der Waals surface area contributed by atoms with Crippen molar-refractivity contribution >= 4 is 11.8 Å². The lowest BCUT2D eigenvalue weighted by atomic mass is 9.93. The molecule has 4 rings (SSSR count). The number of aryl methyl sites for hydroxylation is 1. The summed E-state index contributed by atoms with van der Waals surface area (Å²) < 4.78 is 5.31. The second kappa shape index (κ2) is 8.46. The minimum atomic E-state index is 0.146. The molecule has 3 fully saturated rings. The van der Waals surface area contributed by atoms with Crippen LogP contribution in [0.1, 0.15) is 50.7 Å². The smallest absolute Gasteiger partial charge is 0.224 e. The first kappa shape index (κ1) is 18.5. The highest BCUT2D eigenvalue weighted by atomic mass is 16.3. The van der Waals surface area contributed by atoms with Crippen molar-refractivity contribution in [2.75, 3.05) is 26.2 Å². The molecule has 0 bridgehead atoms. The molecule has 0 spiro atoms. The Bertz CT molecular complexity index is 633. The minimum Gasteiger partial charge on any atom is -0.469 e. The van der Waals surface area contributed by atoms with E-state index in [-0.39, 0.29) is 17.7 Å². The fraction of sp³-hybridized carbons (Fsp3) is 0.714. The molecule has 1 aliphatic carbocycles. The third kappa shape index (κ3) is 4.92. The Hall–Kier alpha value is -1.82. The highest BCUT2D eigenvalue weighted by Gasteiger charge is 2.34. The van der Waals surface area contributed by atoms with Crippen molar-refractivity contribution in [3.05, 3.63) is 24.2 Å². The van der Waals surface area contributed by atoms with Crippen molar-refractivity contribution in [1.82, 2.24) is 15.1 Å². The molecule has 3 aliphatic rings. The van der Waals surface area contributed by atoms with Gasteiger partial charge >= 0.3 is 0 Å². The summed E-state index contributed by atoms with van der Waals surface area (Å²) in [6.07, 6.45) is 9.30. The van der Waals surface area contributed by atoms with Crippen molar-refractivity contribution in [3.63, 3.8) is 0 Å². The van der Waals surface area contributed by atoms with Crippen LogP contribution in [0, 0.1) is 5.92 Å². The van der Waals surface area contributed by atoms with E-state index < -0.39 is 0 Å². The molecule has 6 heteroatoms. The molecule has 0 radical (unpaired) electrons. The van der Waals surface area contributed by atoms with Gasteiger partial charge in [-0.15, -0.1) is 0 Å². The molecule has 0 unspecified atom stereocenters. The molecule has 1 atom stereocenters. The number of carbonyl (C=O) groups excluding carboxylic acids is 2. The maximum absolute atomic E-state index is 12.4. The first-order chi connectivity index (χ1) is 13.2. The number of rotatable bonds is 6. The van der Waals surface area contributed by atoms with Gasteiger partial charge in [-0.2, -0.15) is 0 Å². The van der Waals surface area contributed by atoms with E-state index in [1.54, 1.807) is 6.26 Å². The highest BCUT2D eigenvalue weighted by molar-refractivity contribution is 5.79. The monoisotopic (exact) mass is 373 g/mol. The fourth-order valence-corrected chi connectivity index (χ4v) is 4.42. The molecule has 2 saturated heterocycles. The van der Waals surface area contributed by atoms with Crippen LogP contribution in [0.25, 0.3) is 0 Å². The van der Waals surface area contributed by atoms with Gasteiger partial charge in [0.05, 0.1) is 12.2 Å². The van der Waals surface area contributed by atoms with Gasteiger partial charge in [0.15, 0.2) is 0 Å². The maximum Gasteiger partial charge on any atom is 0.224 e. The lowest BCUT2D eigenvalue weighted by molar-refractivity contribution is -0.133. The summed E-state index contributed by atoms with van der Waals surface area (Å²) >= 11 is 0. The number of nitrogens with zero attached hydrogens (tertiary/aromatic N) is 2. The zero-order valence-corrected chi connectivity index (χ0v) is 16.1. The minimum absolute atomic E-state index is 0.146. The SMILES string of the molecule is O=C(NC1CC1)[C@H]1CCCN(C2CCN(C(=O)CCc3ccco3)CC2)C1. The predicted molar refractivity (Wildman–Crippen MR) is 102 cm³/mol. The van der Waals surface area contributed by atoms with E-state index in [1.807, 2.05) is 17.0 Å². The number of likely N-dealkylation sites (tertiary alicyclic amines) is 2. The Morgan fingerprint density at radius 1 is 1.11 bits per heavy atom. The Balaban J connectivity index is 1.21. The van der Waals surface area contributed by atoms with Gasteiger partial charge in [-0.1, -0.05) is 0 Å². The first-order valence-electron chi connectivity index (χ1n) is 10.5. The van der Waals surface area contributed by atoms with Crippen LogP contribution in [0.2, 0.25) is 0 Å². The van der Waals surface area contributed by atoms with Crippen LogP contribution in [0.5, 0.6) is 0 Å². The van der Waals surface area contributed by atoms with Gasteiger partial charge in [0.1, 0.15) is 5.76 Å². The lowest BCUT2D eigenvalue weighted by Crippen LogP contribution is -2.51. The molecular formula is C21H31N3O3. The Morgan fingerprint density at radius 3 is 2.63 bits per heavy atom. The van der Waals surface area contributed by atoms with E-state index in [1.165, 1.54) is 0 Å². The number of hydrogen-bond acceptors (Lipinski definition) is 4. The van der Waals surface area contributed by atoms with Gasteiger partial charge in [-0.05, 0) is 57.2 Å². The molecule has 2 aliphatic heterocycles. The van der Waals surface area contributed by atoms with Crippen LogP contribution >= 0.6 is 0 Å². The van der Waals surface area contributed by atoms with Crippen molar-refractivity contribution < 1.29 is 14.0 Å². The topological polar surface area (TPSA) is 65.8 Å². The van der Waals surface area contributed by atoms with Crippen LogP contribution in [0.3, 0.4) is 0 Å². The number of amides is 2. The lowest BCUT2D eigenvalue weighted by Gasteiger charge is -2.42. The normalized spacial score (nSPS) is 24.7. The number of furan rings is 1. The highest BCUT2D eigenvalue weighted by Crippen LogP contribution is 2.26. The number of nitrogens with one attached hydrogen (secondary N) is 1. The number of hydrogen-bond donors (Lipinski definition) is 1. The standard InChI is InChI=1S/C21H31N3O3/c25-20(8-7-19-4-2-14-27-19)23-12-9-18(10-13-23)24-11-1-3-16(15-24)21(26)22-17-5-6-17/h2,4,14,16-18H,1,3,5-13,15H2,(H,22,26)/t16-/m0/s1. The summed E-state index contributed by atoms with van der Waals surface area (Å²) in [6, 6.07) is 4.74. The summed E-state index contributed by atoms with van der Waals surface area (Å²) in [7, 11) is 0.